The normalized spacial score (nSPS) is 11.2. The van der Waals surface area contributed by atoms with Gasteiger partial charge in [-0.25, -0.2) is 8.42 Å². The monoisotopic (exact) mass is 378 g/mol. The maximum atomic E-state index is 12.0. The molecule has 1 aromatic heterocycles. The fraction of sp³-hybridized carbons (Fsp3) is 0.333. The number of hydrogen-bond donors (Lipinski definition) is 2. The summed E-state index contributed by atoms with van der Waals surface area (Å²) in [4.78, 5) is 23.7. The quantitative estimate of drug-likeness (QED) is 0.714. The molecule has 26 heavy (non-hydrogen) atoms. The van der Waals surface area contributed by atoms with Gasteiger partial charge in [0.2, 0.25) is 0 Å². The summed E-state index contributed by atoms with van der Waals surface area (Å²) < 4.78 is 29.3. The zero-order valence-electron chi connectivity index (χ0n) is 14.7. The van der Waals surface area contributed by atoms with E-state index in [4.69, 9.17) is 4.42 Å². The average Bonchev–Trinajstić information content (AvgIpc) is 2.91. The van der Waals surface area contributed by atoms with Crippen molar-refractivity contribution >= 4 is 21.7 Å². The van der Waals surface area contributed by atoms with E-state index in [-0.39, 0.29) is 11.3 Å². The average molecular weight is 378 g/mol. The van der Waals surface area contributed by atoms with Crippen molar-refractivity contribution in [2.45, 2.75) is 26.7 Å². The van der Waals surface area contributed by atoms with Crippen LogP contribution in [-0.2, 0) is 21.1 Å². The second kappa shape index (κ2) is 8.66. The lowest BCUT2D eigenvalue weighted by Gasteiger charge is -2.08. The number of hydrogen-bond acceptors (Lipinski definition) is 5. The second-order valence-corrected chi connectivity index (χ2v) is 8.19. The van der Waals surface area contributed by atoms with Gasteiger partial charge in [0.1, 0.15) is 17.3 Å². The highest BCUT2D eigenvalue weighted by molar-refractivity contribution is 7.92. The fourth-order valence-electron chi connectivity index (χ4n) is 2.50. The number of furan rings is 1. The second-order valence-electron chi connectivity index (χ2n) is 6.01. The SMILES string of the molecule is Cc1cc(C(=O)NNC(=O)CS(=O)(=O)CCCc2ccccc2)c(C)o1. The Hall–Kier alpha value is -2.61. The molecule has 1 aromatic carbocycles. The molecule has 0 saturated carbocycles. The zero-order valence-corrected chi connectivity index (χ0v) is 15.6. The van der Waals surface area contributed by atoms with Gasteiger partial charge < -0.3 is 4.42 Å². The topological polar surface area (TPSA) is 105 Å². The molecule has 0 fully saturated rings. The van der Waals surface area contributed by atoms with Crippen LogP contribution in [0.5, 0.6) is 0 Å². The molecule has 0 aliphatic carbocycles. The van der Waals surface area contributed by atoms with Gasteiger partial charge >= 0.3 is 0 Å². The van der Waals surface area contributed by atoms with Crippen molar-refractivity contribution in [2.75, 3.05) is 11.5 Å². The molecule has 0 radical (unpaired) electrons. The molecule has 0 aliphatic rings. The Morgan fingerprint density at radius 3 is 2.38 bits per heavy atom. The van der Waals surface area contributed by atoms with E-state index in [2.05, 4.69) is 10.9 Å². The Morgan fingerprint density at radius 2 is 1.77 bits per heavy atom. The molecule has 2 aromatic rings. The van der Waals surface area contributed by atoms with Gasteiger partial charge in [-0.05, 0) is 38.3 Å². The van der Waals surface area contributed by atoms with E-state index in [1.54, 1.807) is 13.8 Å². The summed E-state index contributed by atoms with van der Waals surface area (Å²) in [6.45, 7) is 3.32. The summed E-state index contributed by atoms with van der Waals surface area (Å²) in [5.74, 6) is -1.12. The molecule has 0 unspecified atom stereocenters. The number of rotatable bonds is 7. The molecule has 140 valence electrons. The van der Waals surface area contributed by atoms with Crippen molar-refractivity contribution in [3.63, 3.8) is 0 Å². The molecule has 0 atom stereocenters. The van der Waals surface area contributed by atoms with Crippen LogP contribution >= 0.6 is 0 Å². The van der Waals surface area contributed by atoms with Gasteiger partial charge in [0.05, 0.1) is 11.3 Å². The van der Waals surface area contributed by atoms with Crippen molar-refractivity contribution in [2.24, 2.45) is 0 Å². The highest BCUT2D eigenvalue weighted by Crippen LogP contribution is 2.12. The Bertz CT molecular complexity index is 872. The molecule has 2 N–H and O–H groups in total. The van der Waals surface area contributed by atoms with E-state index in [0.717, 1.165) is 5.56 Å². The molecule has 2 rings (SSSR count). The molecule has 0 bridgehead atoms. The van der Waals surface area contributed by atoms with Gasteiger partial charge in [0.15, 0.2) is 9.84 Å². The number of benzene rings is 1. The highest BCUT2D eigenvalue weighted by atomic mass is 32.2. The van der Waals surface area contributed by atoms with E-state index in [1.807, 2.05) is 30.3 Å². The molecular formula is C18H22N2O5S. The summed E-state index contributed by atoms with van der Waals surface area (Å²) in [5.41, 5.74) is 5.65. The maximum absolute atomic E-state index is 12.0. The van der Waals surface area contributed by atoms with Crippen LogP contribution in [0.25, 0.3) is 0 Å². The number of aryl methyl sites for hydroxylation is 3. The smallest absolute Gasteiger partial charge is 0.273 e. The first kappa shape index (κ1) is 19.7. The molecule has 1 heterocycles. The first-order valence-corrected chi connectivity index (χ1v) is 9.99. The van der Waals surface area contributed by atoms with Crippen LogP contribution in [0.4, 0.5) is 0 Å². The van der Waals surface area contributed by atoms with Crippen LogP contribution in [-0.4, -0.2) is 31.7 Å². The van der Waals surface area contributed by atoms with Crippen molar-refractivity contribution in [3.05, 3.63) is 59.0 Å². The summed E-state index contributed by atoms with van der Waals surface area (Å²) in [5, 5.41) is 0. The highest BCUT2D eigenvalue weighted by Gasteiger charge is 2.18. The first-order chi connectivity index (χ1) is 12.3. The van der Waals surface area contributed by atoms with E-state index in [9.17, 15) is 18.0 Å². The largest absolute Gasteiger partial charge is 0.466 e. The van der Waals surface area contributed by atoms with Crippen LogP contribution in [0, 0.1) is 13.8 Å². The van der Waals surface area contributed by atoms with Crippen LogP contribution in [0.15, 0.2) is 40.8 Å². The molecule has 0 saturated heterocycles. The predicted molar refractivity (Wildman–Crippen MR) is 97.2 cm³/mol. The number of nitrogens with one attached hydrogen (secondary N) is 2. The lowest BCUT2D eigenvalue weighted by Crippen LogP contribution is -2.44. The van der Waals surface area contributed by atoms with Gasteiger partial charge in [0.25, 0.3) is 11.8 Å². The number of carbonyl (C=O) groups is 2. The maximum Gasteiger partial charge on any atom is 0.273 e. The Morgan fingerprint density at radius 1 is 1.08 bits per heavy atom. The summed E-state index contributed by atoms with van der Waals surface area (Å²) >= 11 is 0. The standard InChI is InChI=1S/C18H22N2O5S/c1-13-11-16(14(2)25-13)18(22)20-19-17(21)12-26(23,24)10-6-9-15-7-4-3-5-8-15/h3-5,7-8,11H,6,9-10,12H2,1-2H3,(H,19,21)(H,20,22). The summed E-state index contributed by atoms with van der Waals surface area (Å²) in [7, 11) is -3.55. The van der Waals surface area contributed by atoms with Crippen LogP contribution < -0.4 is 10.9 Å². The first-order valence-electron chi connectivity index (χ1n) is 8.17. The fourth-order valence-corrected chi connectivity index (χ4v) is 3.70. The van der Waals surface area contributed by atoms with Gasteiger partial charge in [-0.1, -0.05) is 30.3 Å². The minimum absolute atomic E-state index is 0.0940. The molecular weight excluding hydrogens is 356 g/mol. The predicted octanol–water partition coefficient (Wildman–Crippen LogP) is 1.71. The molecule has 8 heteroatoms. The van der Waals surface area contributed by atoms with Gasteiger partial charge in [-0.3, -0.25) is 20.4 Å². The van der Waals surface area contributed by atoms with Crippen molar-refractivity contribution in [1.29, 1.82) is 0 Å². The van der Waals surface area contributed by atoms with Gasteiger partial charge in [-0.15, -0.1) is 0 Å². The lowest BCUT2D eigenvalue weighted by atomic mass is 10.1. The van der Waals surface area contributed by atoms with Crippen LogP contribution in [0.3, 0.4) is 0 Å². The minimum atomic E-state index is -3.55. The Labute approximate surface area is 152 Å². The number of amides is 2. The number of carbonyl (C=O) groups excluding carboxylic acids is 2. The zero-order chi connectivity index (χ0) is 19.2. The third-order valence-electron chi connectivity index (χ3n) is 3.72. The van der Waals surface area contributed by atoms with E-state index < -0.39 is 27.4 Å². The number of sulfone groups is 1. The lowest BCUT2D eigenvalue weighted by molar-refractivity contribution is -0.119. The van der Waals surface area contributed by atoms with Crippen molar-refractivity contribution in [3.8, 4) is 0 Å². The van der Waals surface area contributed by atoms with Gasteiger partial charge in [-0.2, -0.15) is 0 Å². The third kappa shape index (κ3) is 6.03. The van der Waals surface area contributed by atoms with Crippen LogP contribution in [0.2, 0.25) is 0 Å². The number of hydrazine groups is 1. The van der Waals surface area contributed by atoms with Crippen molar-refractivity contribution < 1.29 is 22.4 Å². The third-order valence-corrected chi connectivity index (χ3v) is 5.33. The Kier molecular flexibility index (Phi) is 6.57. The van der Waals surface area contributed by atoms with E-state index in [1.165, 1.54) is 6.07 Å². The molecule has 0 spiro atoms. The van der Waals surface area contributed by atoms with Gasteiger partial charge in [0, 0.05) is 0 Å². The molecule has 2 amide bonds. The summed E-state index contributed by atoms with van der Waals surface area (Å²) in [6.07, 6.45) is 1.05. The van der Waals surface area contributed by atoms with E-state index >= 15 is 0 Å². The Balaban J connectivity index is 1.77. The molecule has 0 aliphatic heterocycles. The van der Waals surface area contributed by atoms with Crippen molar-refractivity contribution in [1.82, 2.24) is 10.9 Å². The minimum Gasteiger partial charge on any atom is -0.466 e. The summed E-state index contributed by atoms with van der Waals surface area (Å²) in [6, 6.07) is 11.1. The molecule has 7 nitrogen and oxygen atoms in total. The van der Waals surface area contributed by atoms with Crippen LogP contribution in [0.1, 0.15) is 33.9 Å². The van der Waals surface area contributed by atoms with E-state index in [0.29, 0.717) is 24.4 Å².